The second-order valence-electron chi connectivity index (χ2n) is 7.50. The van der Waals surface area contributed by atoms with Crippen molar-refractivity contribution in [1.82, 2.24) is 0 Å². The fourth-order valence-corrected chi connectivity index (χ4v) is 3.51. The third-order valence-corrected chi connectivity index (χ3v) is 5.20. The van der Waals surface area contributed by atoms with Gasteiger partial charge in [-0.15, -0.1) is 0 Å². The number of benzene rings is 3. The third-order valence-electron chi connectivity index (χ3n) is 5.20. The number of hydrogen-bond donors (Lipinski definition) is 0. The summed E-state index contributed by atoms with van der Waals surface area (Å²) >= 11 is 0. The molecular weight excluding hydrogens is 398 g/mol. The van der Waals surface area contributed by atoms with Crippen LogP contribution in [-0.4, -0.2) is 6.61 Å². The zero-order chi connectivity index (χ0) is 22.2. The normalized spacial score (nSPS) is 11.0. The van der Waals surface area contributed by atoms with Crippen LogP contribution in [0.2, 0.25) is 0 Å². The molecule has 0 saturated carbocycles. The molecule has 0 aliphatic carbocycles. The van der Waals surface area contributed by atoms with Crippen molar-refractivity contribution in [2.24, 2.45) is 0 Å². The van der Waals surface area contributed by atoms with Gasteiger partial charge in [0.25, 0.3) is 0 Å². The van der Waals surface area contributed by atoms with Crippen molar-refractivity contribution in [2.75, 3.05) is 6.61 Å². The fourth-order valence-electron chi connectivity index (χ4n) is 3.51. The number of aryl methyl sites for hydroxylation is 1. The maximum absolute atomic E-state index is 12.2. The van der Waals surface area contributed by atoms with Crippen LogP contribution in [0.25, 0.3) is 23.1 Å². The Morgan fingerprint density at radius 2 is 1.72 bits per heavy atom. The molecular formula is C28H23NO3. The number of hydrogen-bond acceptors (Lipinski definition) is 4. The van der Waals surface area contributed by atoms with Crippen LogP contribution in [0.1, 0.15) is 35.3 Å². The predicted molar refractivity (Wildman–Crippen MR) is 127 cm³/mol. The van der Waals surface area contributed by atoms with Gasteiger partial charge in [-0.2, -0.15) is 5.26 Å². The Hall–Kier alpha value is -4.10. The lowest BCUT2D eigenvalue weighted by molar-refractivity contribution is 0.307. The first kappa shape index (κ1) is 21.1. The highest BCUT2D eigenvalue weighted by Gasteiger charge is 2.07. The van der Waals surface area contributed by atoms with E-state index < -0.39 is 0 Å². The summed E-state index contributed by atoms with van der Waals surface area (Å²) in [6.07, 6.45) is 6.99. The first-order chi connectivity index (χ1) is 15.7. The number of unbranched alkanes of at least 4 members (excludes halogenated alkanes) is 1. The molecule has 0 aliphatic heterocycles. The zero-order valence-corrected chi connectivity index (χ0v) is 17.7. The summed E-state index contributed by atoms with van der Waals surface area (Å²) in [5, 5.41) is 9.54. The summed E-state index contributed by atoms with van der Waals surface area (Å²) in [5.74, 6) is 0.852. The van der Waals surface area contributed by atoms with E-state index in [2.05, 4.69) is 24.3 Å². The van der Waals surface area contributed by atoms with E-state index in [4.69, 9.17) is 14.4 Å². The molecule has 0 atom stereocenters. The van der Waals surface area contributed by atoms with Gasteiger partial charge in [-0.05, 0) is 48.6 Å². The van der Waals surface area contributed by atoms with Crippen molar-refractivity contribution in [2.45, 2.75) is 19.3 Å². The largest absolute Gasteiger partial charge is 0.494 e. The molecule has 0 saturated heterocycles. The number of rotatable bonds is 8. The quantitative estimate of drug-likeness (QED) is 0.250. The lowest BCUT2D eigenvalue weighted by atomic mass is 10.1. The highest BCUT2D eigenvalue weighted by atomic mass is 16.5. The van der Waals surface area contributed by atoms with Crippen LogP contribution in [0.3, 0.4) is 0 Å². The van der Waals surface area contributed by atoms with Gasteiger partial charge in [-0.25, -0.2) is 0 Å². The summed E-state index contributed by atoms with van der Waals surface area (Å²) < 4.78 is 11.4. The molecule has 0 amide bonds. The molecule has 0 aliphatic rings. The average Bonchev–Trinajstić information content (AvgIpc) is 2.84. The van der Waals surface area contributed by atoms with Gasteiger partial charge >= 0.3 is 0 Å². The molecule has 4 heteroatoms. The summed E-state index contributed by atoms with van der Waals surface area (Å²) in [7, 11) is 0. The van der Waals surface area contributed by atoms with Crippen LogP contribution in [0.5, 0.6) is 5.75 Å². The molecule has 1 aromatic heterocycles. The molecule has 0 bridgehead atoms. The molecule has 0 radical (unpaired) electrons. The van der Waals surface area contributed by atoms with Gasteiger partial charge in [0.05, 0.1) is 12.0 Å². The van der Waals surface area contributed by atoms with Crippen molar-refractivity contribution >= 4 is 23.1 Å². The Kier molecular flexibility index (Phi) is 6.79. The van der Waals surface area contributed by atoms with Crippen molar-refractivity contribution < 1.29 is 9.15 Å². The third kappa shape index (κ3) is 5.33. The van der Waals surface area contributed by atoms with Crippen LogP contribution in [-0.2, 0) is 6.42 Å². The number of nitrogens with zero attached hydrogens (tertiary/aromatic N) is 1. The van der Waals surface area contributed by atoms with Crippen LogP contribution in [0, 0.1) is 11.3 Å². The van der Waals surface area contributed by atoms with Crippen LogP contribution in [0.4, 0.5) is 0 Å². The molecule has 0 spiro atoms. The standard InChI is InChI=1S/C28H23NO3/c29-20-25-19-27(30)26-11-6-10-23(28(26)32-25)15-12-22-13-16-24(17-14-22)31-18-5-4-9-21-7-2-1-3-8-21/h1-3,6-8,10-17,19H,4-5,9,18H2. The number of ether oxygens (including phenoxy) is 1. The topological polar surface area (TPSA) is 63.2 Å². The second kappa shape index (κ2) is 10.3. The van der Waals surface area contributed by atoms with Gasteiger partial charge in [-0.1, -0.05) is 66.7 Å². The van der Waals surface area contributed by atoms with Gasteiger partial charge in [0.15, 0.2) is 5.43 Å². The minimum atomic E-state index is -0.219. The second-order valence-corrected chi connectivity index (χ2v) is 7.50. The van der Waals surface area contributed by atoms with Crippen molar-refractivity contribution in [3.8, 4) is 11.8 Å². The molecule has 0 unspecified atom stereocenters. The Labute approximate surface area is 187 Å². The Bertz CT molecular complexity index is 1310. The summed E-state index contributed by atoms with van der Waals surface area (Å²) in [6.45, 7) is 0.693. The maximum Gasteiger partial charge on any atom is 0.208 e. The highest BCUT2D eigenvalue weighted by Crippen LogP contribution is 2.21. The highest BCUT2D eigenvalue weighted by molar-refractivity contribution is 5.88. The summed E-state index contributed by atoms with van der Waals surface area (Å²) in [6, 6.07) is 26.8. The van der Waals surface area contributed by atoms with E-state index in [1.165, 1.54) is 11.6 Å². The van der Waals surface area contributed by atoms with Gasteiger partial charge in [0.1, 0.15) is 17.4 Å². The fraction of sp³-hybridized carbons (Fsp3) is 0.143. The lowest BCUT2D eigenvalue weighted by Gasteiger charge is -2.07. The maximum atomic E-state index is 12.2. The molecule has 4 rings (SSSR count). The van der Waals surface area contributed by atoms with E-state index in [-0.39, 0.29) is 11.2 Å². The van der Waals surface area contributed by atoms with Crippen LogP contribution in [0.15, 0.2) is 88.1 Å². The Balaban J connectivity index is 1.35. The number of fused-ring (bicyclic) bond motifs is 1. The van der Waals surface area contributed by atoms with Crippen molar-refractivity contribution in [3.05, 3.63) is 112 Å². The lowest BCUT2D eigenvalue weighted by Crippen LogP contribution is -2.01. The van der Waals surface area contributed by atoms with E-state index in [9.17, 15) is 4.79 Å². The van der Waals surface area contributed by atoms with Gasteiger partial charge in [0, 0.05) is 11.6 Å². The van der Waals surface area contributed by atoms with E-state index in [0.717, 1.165) is 36.1 Å². The summed E-state index contributed by atoms with van der Waals surface area (Å²) in [4.78, 5) is 12.2. The summed E-state index contributed by atoms with van der Waals surface area (Å²) in [5.41, 5.74) is 3.30. The molecule has 3 aromatic carbocycles. The molecule has 4 aromatic rings. The molecule has 158 valence electrons. The molecule has 1 heterocycles. The Morgan fingerprint density at radius 3 is 2.50 bits per heavy atom. The number of nitriles is 1. The van der Waals surface area contributed by atoms with Crippen LogP contribution < -0.4 is 10.2 Å². The molecule has 32 heavy (non-hydrogen) atoms. The first-order valence-electron chi connectivity index (χ1n) is 10.6. The number of para-hydroxylation sites is 1. The van der Waals surface area contributed by atoms with Gasteiger partial charge in [-0.3, -0.25) is 4.79 Å². The minimum absolute atomic E-state index is 0.00798. The average molecular weight is 421 g/mol. The predicted octanol–water partition coefficient (Wildman–Crippen LogP) is 6.24. The van der Waals surface area contributed by atoms with Gasteiger partial charge in [0.2, 0.25) is 5.76 Å². The monoisotopic (exact) mass is 421 g/mol. The Morgan fingerprint density at radius 1 is 0.906 bits per heavy atom. The first-order valence-corrected chi connectivity index (χ1v) is 10.6. The molecule has 0 fully saturated rings. The van der Waals surface area contributed by atoms with Crippen molar-refractivity contribution in [1.29, 1.82) is 5.26 Å². The van der Waals surface area contributed by atoms with E-state index in [1.54, 1.807) is 12.1 Å². The van der Waals surface area contributed by atoms with E-state index in [0.29, 0.717) is 17.6 Å². The minimum Gasteiger partial charge on any atom is -0.494 e. The van der Waals surface area contributed by atoms with E-state index >= 15 is 0 Å². The van der Waals surface area contributed by atoms with Crippen molar-refractivity contribution in [3.63, 3.8) is 0 Å². The smallest absolute Gasteiger partial charge is 0.208 e. The molecule has 4 nitrogen and oxygen atoms in total. The molecule has 0 N–H and O–H groups in total. The van der Waals surface area contributed by atoms with Gasteiger partial charge < -0.3 is 9.15 Å². The van der Waals surface area contributed by atoms with Crippen LogP contribution >= 0.6 is 0 Å². The SMILES string of the molecule is N#Cc1cc(=O)c2cccc(C=Cc3ccc(OCCCCc4ccccc4)cc3)c2o1. The van der Waals surface area contributed by atoms with E-state index in [1.807, 2.05) is 54.6 Å². The zero-order valence-electron chi connectivity index (χ0n) is 17.7.